The first kappa shape index (κ1) is 11.2. The van der Waals surface area contributed by atoms with Crippen molar-refractivity contribution in [3.05, 3.63) is 12.2 Å². The molecule has 0 aromatic rings. The van der Waals surface area contributed by atoms with Crippen LogP contribution in [-0.4, -0.2) is 19.0 Å². The Morgan fingerprint density at radius 3 is 2.83 bits per heavy atom. The maximum Gasteiger partial charge on any atom is 0.243 e. The van der Waals surface area contributed by atoms with E-state index in [9.17, 15) is 4.79 Å². The first-order chi connectivity index (χ1) is 5.81. The fourth-order valence-corrected chi connectivity index (χ4v) is 0.765. The third-order valence-electron chi connectivity index (χ3n) is 1.44. The van der Waals surface area contributed by atoms with Crippen molar-refractivity contribution in [1.29, 1.82) is 0 Å². The lowest BCUT2D eigenvalue weighted by atomic mass is 10.3. The predicted octanol–water partition coefficient (Wildman–Crippen LogP) is 0.808. The fourth-order valence-electron chi connectivity index (χ4n) is 0.765. The van der Waals surface area contributed by atoms with Crippen LogP contribution in [0, 0.1) is 0 Å². The van der Waals surface area contributed by atoms with Gasteiger partial charge in [0.25, 0.3) is 0 Å². The van der Waals surface area contributed by atoms with E-state index < -0.39 is 0 Å². The molecule has 0 unspecified atom stereocenters. The summed E-state index contributed by atoms with van der Waals surface area (Å²) in [7, 11) is 0. The van der Waals surface area contributed by atoms with Crippen LogP contribution in [0.1, 0.15) is 26.2 Å². The van der Waals surface area contributed by atoms with Crippen LogP contribution in [-0.2, 0) is 4.79 Å². The van der Waals surface area contributed by atoms with Crippen molar-refractivity contribution in [2.24, 2.45) is 5.73 Å². The molecule has 0 aromatic carbocycles. The van der Waals surface area contributed by atoms with Gasteiger partial charge < -0.3 is 11.1 Å². The lowest BCUT2D eigenvalue weighted by Crippen LogP contribution is -2.22. The van der Waals surface area contributed by atoms with Crippen molar-refractivity contribution in [3.63, 3.8) is 0 Å². The third-order valence-corrected chi connectivity index (χ3v) is 1.44. The molecule has 3 heteroatoms. The molecule has 0 radical (unpaired) electrons. The number of amides is 1. The number of rotatable bonds is 6. The molecule has 0 saturated carbocycles. The quantitative estimate of drug-likeness (QED) is 0.458. The van der Waals surface area contributed by atoms with Gasteiger partial charge in [-0.15, -0.1) is 0 Å². The van der Waals surface area contributed by atoms with Crippen molar-refractivity contribution < 1.29 is 4.79 Å². The van der Waals surface area contributed by atoms with Gasteiger partial charge in [-0.25, -0.2) is 0 Å². The molecule has 1 amide bonds. The van der Waals surface area contributed by atoms with Gasteiger partial charge in [-0.3, -0.25) is 4.79 Å². The average molecular weight is 170 g/mol. The molecule has 0 aliphatic carbocycles. The van der Waals surface area contributed by atoms with Crippen LogP contribution in [0.3, 0.4) is 0 Å². The van der Waals surface area contributed by atoms with E-state index in [1.54, 1.807) is 6.08 Å². The van der Waals surface area contributed by atoms with Gasteiger partial charge in [0.15, 0.2) is 0 Å². The van der Waals surface area contributed by atoms with Crippen LogP contribution in [0.2, 0.25) is 0 Å². The van der Waals surface area contributed by atoms with E-state index in [0.29, 0.717) is 6.54 Å². The first-order valence-electron chi connectivity index (χ1n) is 4.45. The molecule has 0 spiro atoms. The molecular formula is C9H18N2O. The van der Waals surface area contributed by atoms with E-state index in [0.717, 1.165) is 25.8 Å². The number of carbonyl (C=O) groups excluding carboxylic acids is 1. The van der Waals surface area contributed by atoms with E-state index >= 15 is 0 Å². The molecule has 0 aromatic heterocycles. The second kappa shape index (κ2) is 8.27. The van der Waals surface area contributed by atoms with Crippen LogP contribution < -0.4 is 11.1 Å². The van der Waals surface area contributed by atoms with Gasteiger partial charge in [-0.05, 0) is 31.9 Å². The molecular weight excluding hydrogens is 152 g/mol. The number of unbranched alkanes of at least 4 members (excludes halogenated alkanes) is 1. The zero-order valence-electron chi connectivity index (χ0n) is 7.68. The number of nitrogens with two attached hydrogens (primary N) is 1. The SMILES string of the molecule is CC/C=C/C(=O)NCCCCN. The topological polar surface area (TPSA) is 55.1 Å². The summed E-state index contributed by atoms with van der Waals surface area (Å²) in [4.78, 5) is 10.9. The highest BCUT2D eigenvalue weighted by Gasteiger charge is 1.91. The van der Waals surface area contributed by atoms with Crippen molar-refractivity contribution in [3.8, 4) is 0 Å². The first-order valence-corrected chi connectivity index (χ1v) is 4.45. The second-order valence-corrected chi connectivity index (χ2v) is 2.60. The summed E-state index contributed by atoms with van der Waals surface area (Å²) in [6, 6.07) is 0. The maximum atomic E-state index is 10.9. The van der Waals surface area contributed by atoms with Crippen molar-refractivity contribution >= 4 is 5.91 Å². The van der Waals surface area contributed by atoms with Crippen LogP contribution in [0.25, 0.3) is 0 Å². The molecule has 0 fully saturated rings. The Bertz CT molecular complexity index is 143. The minimum Gasteiger partial charge on any atom is -0.353 e. The second-order valence-electron chi connectivity index (χ2n) is 2.60. The monoisotopic (exact) mass is 170 g/mol. The Labute approximate surface area is 74.0 Å². The molecule has 0 atom stereocenters. The Balaban J connectivity index is 3.25. The van der Waals surface area contributed by atoms with E-state index in [-0.39, 0.29) is 5.91 Å². The van der Waals surface area contributed by atoms with Gasteiger partial charge in [-0.1, -0.05) is 13.0 Å². The largest absolute Gasteiger partial charge is 0.353 e. The Hall–Kier alpha value is -0.830. The summed E-state index contributed by atoms with van der Waals surface area (Å²) in [5.74, 6) is -0.00567. The summed E-state index contributed by atoms with van der Waals surface area (Å²) in [6.07, 6.45) is 6.25. The molecule has 0 bridgehead atoms. The number of nitrogens with one attached hydrogen (secondary N) is 1. The number of carbonyl (C=O) groups is 1. The summed E-state index contributed by atoms with van der Waals surface area (Å²) in [5, 5.41) is 2.77. The average Bonchev–Trinajstić information content (AvgIpc) is 2.09. The van der Waals surface area contributed by atoms with E-state index in [1.165, 1.54) is 0 Å². The summed E-state index contributed by atoms with van der Waals surface area (Å²) in [5.41, 5.74) is 5.30. The van der Waals surface area contributed by atoms with E-state index in [2.05, 4.69) is 5.32 Å². The zero-order chi connectivity index (χ0) is 9.23. The standard InChI is InChI=1S/C9H18N2O/c1-2-3-6-9(12)11-8-5-4-7-10/h3,6H,2,4-5,7-8,10H2,1H3,(H,11,12)/b6-3+. The summed E-state index contributed by atoms with van der Waals surface area (Å²) >= 11 is 0. The maximum absolute atomic E-state index is 10.9. The highest BCUT2D eigenvalue weighted by atomic mass is 16.1. The van der Waals surface area contributed by atoms with Crippen LogP contribution in [0.4, 0.5) is 0 Å². The lowest BCUT2D eigenvalue weighted by molar-refractivity contribution is -0.116. The molecule has 0 rings (SSSR count). The summed E-state index contributed by atoms with van der Waals surface area (Å²) in [6.45, 7) is 3.42. The molecule has 3 nitrogen and oxygen atoms in total. The fraction of sp³-hybridized carbons (Fsp3) is 0.667. The van der Waals surface area contributed by atoms with Crippen molar-refractivity contribution in [1.82, 2.24) is 5.32 Å². The molecule has 12 heavy (non-hydrogen) atoms. The number of hydrogen-bond donors (Lipinski definition) is 2. The molecule has 3 N–H and O–H groups in total. The van der Waals surface area contributed by atoms with Gasteiger partial charge in [0.2, 0.25) is 5.91 Å². The number of hydrogen-bond acceptors (Lipinski definition) is 2. The minimum atomic E-state index is -0.00567. The van der Waals surface area contributed by atoms with Gasteiger partial charge in [-0.2, -0.15) is 0 Å². The normalized spacial score (nSPS) is 10.5. The number of allylic oxidation sites excluding steroid dienone is 1. The van der Waals surface area contributed by atoms with Crippen LogP contribution in [0.5, 0.6) is 0 Å². The smallest absolute Gasteiger partial charge is 0.243 e. The Kier molecular flexibility index (Phi) is 7.70. The van der Waals surface area contributed by atoms with E-state index in [1.807, 2.05) is 13.0 Å². The van der Waals surface area contributed by atoms with Gasteiger partial charge in [0, 0.05) is 6.54 Å². The molecule has 0 aliphatic heterocycles. The molecule has 0 saturated heterocycles. The minimum absolute atomic E-state index is 0.00567. The molecule has 70 valence electrons. The predicted molar refractivity (Wildman–Crippen MR) is 50.7 cm³/mol. The Morgan fingerprint density at radius 1 is 1.50 bits per heavy atom. The Morgan fingerprint density at radius 2 is 2.25 bits per heavy atom. The van der Waals surface area contributed by atoms with Gasteiger partial charge >= 0.3 is 0 Å². The molecule has 0 heterocycles. The zero-order valence-corrected chi connectivity index (χ0v) is 7.68. The van der Waals surface area contributed by atoms with E-state index in [4.69, 9.17) is 5.73 Å². The van der Waals surface area contributed by atoms with Gasteiger partial charge in [0.1, 0.15) is 0 Å². The molecule has 0 aliphatic rings. The highest BCUT2D eigenvalue weighted by molar-refractivity contribution is 5.87. The van der Waals surface area contributed by atoms with Crippen molar-refractivity contribution in [2.75, 3.05) is 13.1 Å². The van der Waals surface area contributed by atoms with Gasteiger partial charge in [0.05, 0.1) is 0 Å². The van der Waals surface area contributed by atoms with Crippen LogP contribution in [0.15, 0.2) is 12.2 Å². The van der Waals surface area contributed by atoms with Crippen molar-refractivity contribution in [2.45, 2.75) is 26.2 Å². The highest BCUT2D eigenvalue weighted by Crippen LogP contribution is 1.84. The summed E-state index contributed by atoms with van der Waals surface area (Å²) < 4.78 is 0. The van der Waals surface area contributed by atoms with Crippen LogP contribution >= 0.6 is 0 Å². The third kappa shape index (κ3) is 7.28. The lowest BCUT2D eigenvalue weighted by Gasteiger charge is -1.99.